The van der Waals surface area contributed by atoms with E-state index in [2.05, 4.69) is 4.98 Å². The topological polar surface area (TPSA) is 89.3 Å². The minimum absolute atomic E-state index is 0.106. The summed E-state index contributed by atoms with van der Waals surface area (Å²) < 4.78 is 39.9. The first-order chi connectivity index (χ1) is 11.2. The molecule has 3 aromatic rings. The lowest BCUT2D eigenvalue weighted by molar-refractivity contribution is 0.0689. The van der Waals surface area contributed by atoms with Gasteiger partial charge in [0, 0.05) is 5.39 Å². The summed E-state index contributed by atoms with van der Waals surface area (Å²) in [6.07, 6.45) is 0. The quantitative estimate of drug-likeness (QED) is 0.717. The van der Waals surface area contributed by atoms with Crippen molar-refractivity contribution >= 4 is 38.6 Å². The maximum atomic E-state index is 13.7. The first-order valence-corrected chi connectivity index (χ1v) is 8.46. The number of aromatic carboxylic acids is 1. The van der Waals surface area contributed by atoms with Gasteiger partial charge >= 0.3 is 5.97 Å². The molecule has 0 amide bonds. The van der Waals surface area contributed by atoms with Gasteiger partial charge in [0.15, 0.2) is 5.65 Å². The Morgan fingerprint density at radius 2 is 1.88 bits per heavy atom. The van der Waals surface area contributed by atoms with Crippen LogP contribution in [0.15, 0.2) is 41.3 Å². The van der Waals surface area contributed by atoms with Gasteiger partial charge in [0.25, 0.3) is 10.0 Å². The van der Waals surface area contributed by atoms with Crippen LogP contribution in [0.3, 0.4) is 0 Å². The van der Waals surface area contributed by atoms with Crippen molar-refractivity contribution in [2.24, 2.45) is 0 Å². The summed E-state index contributed by atoms with van der Waals surface area (Å²) in [5.41, 5.74) is -0.0599. The van der Waals surface area contributed by atoms with Crippen molar-refractivity contribution in [1.29, 1.82) is 0 Å². The van der Waals surface area contributed by atoms with E-state index >= 15 is 0 Å². The number of rotatable bonds is 3. The number of aromatic nitrogens is 2. The van der Waals surface area contributed by atoms with Gasteiger partial charge in [-0.25, -0.2) is 17.2 Å². The van der Waals surface area contributed by atoms with E-state index in [0.29, 0.717) is 3.97 Å². The Balaban J connectivity index is 2.39. The van der Waals surface area contributed by atoms with E-state index < -0.39 is 27.6 Å². The molecule has 0 unspecified atom stereocenters. The first-order valence-electron chi connectivity index (χ1n) is 6.65. The fourth-order valence-corrected chi connectivity index (χ4v) is 3.88. The predicted octanol–water partition coefficient (Wildman–Crippen LogP) is 3.07. The number of carboxylic acids is 1. The molecule has 0 atom stereocenters. The molecule has 0 spiro atoms. The summed E-state index contributed by atoms with van der Waals surface area (Å²) in [4.78, 5) is 14.8. The summed E-state index contributed by atoms with van der Waals surface area (Å²) in [5, 5.41) is 9.10. The monoisotopic (exact) mass is 368 g/mol. The molecule has 1 N–H and O–H groups in total. The molecule has 9 heteroatoms. The Kier molecular flexibility index (Phi) is 3.81. The molecule has 0 fully saturated rings. The van der Waals surface area contributed by atoms with Gasteiger partial charge in [0.1, 0.15) is 5.69 Å². The number of halogens is 2. The predicted molar refractivity (Wildman–Crippen MR) is 85.4 cm³/mol. The van der Waals surface area contributed by atoms with Gasteiger partial charge < -0.3 is 5.11 Å². The maximum absolute atomic E-state index is 13.7. The van der Waals surface area contributed by atoms with Gasteiger partial charge in [-0.1, -0.05) is 29.3 Å². The third kappa shape index (κ3) is 2.53. The minimum atomic E-state index is -4.28. The number of hydrogen-bond donors (Lipinski definition) is 1. The molecule has 1 aromatic carbocycles. The third-order valence-corrected chi connectivity index (χ3v) is 5.41. The average Bonchev–Trinajstić information content (AvgIpc) is 2.87. The van der Waals surface area contributed by atoms with E-state index in [1.807, 2.05) is 0 Å². The second kappa shape index (κ2) is 5.57. The number of carboxylic acid groups (broad SMARTS) is 1. The van der Waals surface area contributed by atoms with Crippen LogP contribution in [0, 0.1) is 12.9 Å². The number of benzene rings is 1. The van der Waals surface area contributed by atoms with Crippen LogP contribution < -0.4 is 0 Å². The largest absolute Gasteiger partial charge is 0.477 e. The summed E-state index contributed by atoms with van der Waals surface area (Å²) in [7, 11) is -4.28. The third-order valence-electron chi connectivity index (χ3n) is 3.42. The van der Waals surface area contributed by atoms with Crippen molar-refractivity contribution in [1.82, 2.24) is 8.96 Å². The second-order valence-corrected chi connectivity index (χ2v) is 7.28. The fourth-order valence-electron chi connectivity index (χ4n) is 2.27. The maximum Gasteiger partial charge on any atom is 0.353 e. The Bertz CT molecular complexity index is 1080. The van der Waals surface area contributed by atoms with Crippen molar-refractivity contribution in [3.8, 4) is 0 Å². The molecule has 24 heavy (non-hydrogen) atoms. The number of pyridine rings is 1. The molecule has 2 heterocycles. The van der Waals surface area contributed by atoms with Crippen LogP contribution in [0.4, 0.5) is 4.39 Å². The lowest BCUT2D eigenvalue weighted by Crippen LogP contribution is -2.19. The zero-order chi connectivity index (χ0) is 17.6. The molecule has 0 radical (unpaired) electrons. The number of fused-ring (bicyclic) bond motifs is 1. The fraction of sp³-hybridized carbons (Fsp3) is 0.0667. The van der Waals surface area contributed by atoms with Crippen LogP contribution >= 0.6 is 11.6 Å². The number of carbonyl (C=O) groups is 1. The normalized spacial score (nSPS) is 11.8. The van der Waals surface area contributed by atoms with Gasteiger partial charge in [0.05, 0.1) is 9.92 Å². The summed E-state index contributed by atoms with van der Waals surface area (Å²) in [6, 6.07) is 8.05. The van der Waals surface area contributed by atoms with Gasteiger partial charge in [0.2, 0.25) is 5.95 Å². The molecular formula is C15H10ClFN2O4S. The van der Waals surface area contributed by atoms with Gasteiger partial charge in [-0.15, -0.1) is 0 Å². The highest BCUT2D eigenvalue weighted by Crippen LogP contribution is 2.27. The molecule has 6 nitrogen and oxygen atoms in total. The Morgan fingerprint density at radius 3 is 2.46 bits per heavy atom. The van der Waals surface area contributed by atoms with Crippen LogP contribution in [-0.2, 0) is 10.0 Å². The van der Waals surface area contributed by atoms with Crippen LogP contribution in [-0.4, -0.2) is 28.5 Å². The lowest BCUT2D eigenvalue weighted by Gasteiger charge is -2.09. The highest BCUT2D eigenvalue weighted by Gasteiger charge is 2.27. The van der Waals surface area contributed by atoms with E-state index in [9.17, 15) is 22.7 Å². The molecule has 3 rings (SSSR count). The average molecular weight is 369 g/mol. The van der Waals surface area contributed by atoms with Crippen molar-refractivity contribution in [3.05, 3.63) is 58.6 Å². The van der Waals surface area contributed by atoms with E-state index in [1.54, 1.807) is 19.1 Å². The summed E-state index contributed by atoms with van der Waals surface area (Å²) in [6.45, 7) is 1.78. The molecule has 0 aliphatic rings. The van der Waals surface area contributed by atoms with Gasteiger partial charge in [-0.05, 0) is 31.2 Å². The smallest absolute Gasteiger partial charge is 0.353 e. The number of aryl methyl sites for hydroxylation is 1. The van der Waals surface area contributed by atoms with E-state index in [-0.39, 0.29) is 21.0 Å². The molecule has 0 aliphatic heterocycles. The number of nitrogens with zero attached hydrogens (tertiary/aromatic N) is 2. The zero-order valence-corrected chi connectivity index (χ0v) is 13.8. The highest BCUT2D eigenvalue weighted by molar-refractivity contribution is 7.90. The molecule has 0 saturated carbocycles. The van der Waals surface area contributed by atoms with Gasteiger partial charge in [-0.3, -0.25) is 0 Å². The molecule has 0 bridgehead atoms. The van der Waals surface area contributed by atoms with Crippen LogP contribution in [0.25, 0.3) is 11.0 Å². The summed E-state index contributed by atoms with van der Waals surface area (Å²) >= 11 is 5.63. The van der Waals surface area contributed by atoms with E-state index in [4.69, 9.17) is 11.6 Å². The highest BCUT2D eigenvalue weighted by atomic mass is 35.5. The molecule has 0 saturated heterocycles. The van der Waals surface area contributed by atoms with Crippen molar-refractivity contribution in [2.75, 3.05) is 0 Å². The standard InChI is InChI=1S/C15H10ClFN2O4S/c1-8-2-4-10(5-3-8)24(22,23)19-12(15(20)21)7-9-6-11(16)13(17)18-14(9)19/h2-7H,1H3,(H,20,21). The van der Waals surface area contributed by atoms with Crippen molar-refractivity contribution in [2.45, 2.75) is 11.8 Å². The van der Waals surface area contributed by atoms with Crippen LogP contribution in [0.5, 0.6) is 0 Å². The SMILES string of the molecule is Cc1ccc(S(=O)(=O)n2c(C(=O)O)cc3cc(Cl)c(F)nc32)cc1. The van der Waals surface area contributed by atoms with Crippen molar-refractivity contribution in [3.63, 3.8) is 0 Å². The van der Waals surface area contributed by atoms with E-state index in [0.717, 1.165) is 17.7 Å². The number of hydrogen-bond acceptors (Lipinski definition) is 4. The Morgan fingerprint density at radius 1 is 1.25 bits per heavy atom. The molecule has 0 aliphatic carbocycles. The Hall–Kier alpha value is -2.45. The molecular weight excluding hydrogens is 359 g/mol. The summed E-state index contributed by atoms with van der Waals surface area (Å²) in [5.74, 6) is -2.57. The van der Waals surface area contributed by atoms with E-state index in [1.165, 1.54) is 12.1 Å². The van der Waals surface area contributed by atoms with Crippen molar-refractivity contribution < 1.29 is 22.7 Å². The zero-order valence-electron chi connectivity index (χ0n) is 12.2. The first kappa shape index (κ1) is 16.4. The van der Waals surface area contributed by atoms with Crippen LogP contribution in [0.2, 0.25) is 5.02 Å². The lowest BCUT2D eigenvalue weighted by atomic mass is 10.2. The minimum Gasteiger partial charge on any atom is -0.477 e. The molecule has 124 valence electrons. The second-order valence-electron chi connectivity index (χ2n) is 5.09. The Labute approximate surface area is 141 Å². The molecule has 2 aromatic heterocycles. The van der Waals surface area contributed by atoms with Crippen LogP contribution in [0.1, 0.15) is 16.1 Å². The van der Waals surface area contributed by atoms with Gasteiger partial charge in [-0.2, -0.15) is 9.37 Å².